The molecule has 0 fully saturated rings. The monoisotopic (exact) mass is 318 g/mol. The third kappa shape index (κ3) is 3.51. The normalized spacial score (nSPS) is 13.2. The molecule has 0 amide bonds. The highest BCUT2D eigenvalue weighted by Crippen LogP contribution is 2.34. The minimum absolute atomic E-state index is 0.0954. The van der Waals surface area contributed by atoms with Gasteiger partial charge in [-0.2, -0.15) is 13.2 Å². The van der Waals surface area contributed by atoms with Crippen LogP contribution < -0.4 is 5.73 Å². The van der Waals surface area contributed by atoms with Gasteiger partial charge >= 0.3 is 6.18 Å². The van der Waals surface area contributed by atoms with E-state index in [1.54, 1.807) is 0 Å². The summed E-state index contributed by atoms with van der Waals surface area (Å²) in [7, 11) is 0. The average molecular weight is 319 g/mol. The number of nitrogens with zero attached hydrogens (tertiary/aromatic N) is 1. The van der Waals surface area contributed by atoms with E-state index in [9.17, 15) is 17.6 Å². The molecule has 1 aromatic carbocycles. The van der Waals surface area contributed by atoms with Gasteiger partial charge in [0.25, 0.3) is 0 Å². The topological polar surface area (TPSA) is 38.9 Å². The van der Waals surface area contributed by atoms with Gasteiger partial charge in [0, 0.05) is 18.4 Å². The summed E-state index contributed by atoms with van der Waals surface area (Å²) < 4.78 is 52.5. The Labute approximate surface area is 123 Å². The van der Waals surface area contributed by atoms with Gasteiger partial charge in [0.05, 0.1) is 10.6 Å². The summed E-state index contributed by atoms with van der Waals surface area (Å²) in [5.74, 6) is -0.674. The fraction of sp³-hybridized carbons (Fsp3) is 0.214. The van der Waals surface area contributed by atoms with Gasteiger partial charge in [0.15, 0.2) is 0 Å². The molecule has 1 unspecified atom stereocenters. The Hall–Kier alpha value is -1.66. The Morgan fingerprint density at radius 3 is 2.62 bits per heavy atom. The molecule has 7 heteroatoms. The van der Waals surface area contributed by atoms with E-state index >= 15 is 0 Å². The van der Waals surface area contributed by atoms with Crippen LogP contribution in [-0.4, -0.2) is 4.98 Å². The van der Waals surface area contributed by atoms with Crippen molar-refractivity contribution in [3.05, 3.63) is 64.2 Å². The van der Waals surface area contributed by atoms with E-state index in [1.165, 1.54) is 18.2 Å². The summed E-state index contributed by atoms with van der Waals surface area (Å²) in [6.07, 6.45) is -2.56. The Morgan fingerprint density at radius 2 is 1.95 bits per heavy atom. The van der Waals surface area contributed by atoms with Gasteiger partial charge in [-0.05, 0) is 29.7 Å². The molecule has 2 N–H and O–H groups in total. The van der Waals surface area contributed by atoms with E-state index in [0.717, 1.165) is 18.5 Å². The molecular weight excluding hydrogens is 308 g/mol. The summed E-state index contributed by atoms with van der Waals surface area (Å²) in [4.78, 5) is 3.66. The zero-order chi connectivity index (χ0) is 15.6. The van der Waals surface area contributed by atoms with Gasteiger partial charge in [-0.1, -0.05) is 23.7 Å². The van der Waals surface area contributed by atoms with E-state index in [2.05, 4.69) is 4.98 Å². The van der Waals surface area contributed by atoms with Crippen molar-refractivity contribution in [2.24, 2.45) is 5.73 Å². The van der Waals surface area contributed by atoms with E-state index in [0.29, 0.717) is 0 Å². The molecule has 0 saturated carbocycles. The molecule has 0 saturated heterocycles. The van der Waals surface area contributed by atoms with E-state index in [1.807, 2.05) is 0 Å². The molecule has 0 radical (unpaired) electrons. The Morgan fingerprint density at radius 1 is 1.24 bits per heavy atom. The second-order valence-corrected chi connectivity index (χ2v) is 4.89. The van der Waals surface area contributed by atoms with Crippen molar-refractivity contribution in [3.8, 4) is 0 Å². The maximum Gasteiger partial charge on any atom is 0.416 e. The third-order valence-electron chi connectivity index (χ3n) is 3.03. The molecule has 0 aliphatic carbocycles. The third-order valence-corrected chi connectivity index (χ3v) is 3.32. The van der Waals surface area contributed by atoms with E-state index in [-0.39, 0.29) is 22.6 Å². The van der Waals surface area contributed by atoms with Crippen LogP contribution in [0.25, 0.3) is 0 Å². The molecule has 112 valence electrons. The standard InChI is InChI=1S/C14H11ClF4N2/c15-11-3-1-2-8(13(11)16)6-12(20)9-7-21-5-4-10(9)14(17,18)19/h1-5,7,12H,6,20H2. The van der Waals surface area contributed by atoms with Gasteiger partial charge in [-0.25, -0.2) is 4.39 Å². The van der Waals surface area contributed by atoms with E-state index < -0.39 is 23.6 Å². The highest BCUT2D eigenvalue weighted by atomic mass is 35.5. The van der Waals surface area contributed by atoms with Crippen LogP contribution in [0.5, 0.6) is 0 Å². The minimum Gasteiger partial charge on any atom is -0.324 e. The minimum atomic E-state index is -4.54. The van der Waals surface area contributed by atoms with Crippen molar-refractivity contribution in [2.75, 3.05) is 0 Å². The van der Waals surface area contributed by atoms with Crippen molar-refractivity contribution >= 4 is 11.6 Å². The summed E-state index contributed by atoms with van der Waals surface area (Å²) in [6.45, 7) is 0. The SMILES string of the molecule is NC(Cc1cccc(Cl)c1F)c1cnccc1C(F)(F)F. The number of halogens is 5. The fourth-order valence-corrected chi connectivity index (χ4v) is 2.21. The van der Waals surface area contributed by atoms with Crippen LogP contribution in [0.3, 0.4) is 0 Å². The lowest BCUT2D eigenvalue weighted by atomic mass is 9.96. The van der Waals surface area contributed by atoms with Crippen LogP contribution in [0.1, 0.15) is 22.7 Å². The first-order chi connectivity index (χ1) is 9.80. The molecular formula is C14H11ClF4N2. The zero-order valence-electron chi connectivity index (χ0n) is 10.7. The number of aromatic nitrogens is 1. The fourth-order valence-electron chi connectivity index (χ4n) is 2.01. The van der Waals surface area contributed by atoms with Crippen molar-refractivity contribution in [2.45, 2.75) is 18.6 Å². The lowest BCUT2D eigenvalue weighted by molar-refractivity contribution is -0.138. The smallest absolute Gasteiger partial charge is 0.324 e. The molecule has 2 rings (SSSR count). The molecule has 21 heavy (non-hydrogen) atoms. The predicted octanol–water partition coefficient (Wildman–Crippen LogP) is 4.14. The lowest BCUT2D eigenvalue weighted by Crippen LogP contribution is -2.20. The van der Waals surface area contributed by atoms with Gasteiger partial charge in [0.2, 0.25) is 0 Å². The Kier molecular flexibility index (Phi) is 4.49. The summed E-state index contributed by atoms with van der Waals surface area (Å²) in [6, 6.07) is 4.12. The summed E-state index contributed by atoms with van der Waals surface area (Å²) in [5.41, 5.74) is 4.91. The molecule has 1 heterocycles. The van der Waals surface area contributed by atoms with Gasteiger partial charge in [-0.3, -0.25) is 4.98 Å². The first-order valence-corrected chi connectivity index (χ1v) is 6.38. The zero-order valence-corrected chi connectivity index (χ0v) is 11.4. The maximum absolute atomic E-state index is 13.8. The Balaban J connectivity index is 2.33. The highest BCUT2D eigenvalue weighted by molar-refractivity contribution is 6.30. The first-order valence-electron chi connectivity index (χ1n) is 6.00. The van der Waals surface area contributed by atoms with E-state index in [4.69, 9.17) is 17.3 Å². The van der Waals surface area contributed by atoms with Crippen molar-refractivity contribution in [1.29, 1.82) is 0 Å². The summed E-state index contributed by atoms with van der Waals surface area (Å²) in [5, 5.41) is -0.0954. The molecule has 2 nitrogen and oxygen atoms in total. The van der Waals surface area contributed by atoms with Crippen LogP contribution in [0.4, 0.5) is 17.6 Å². The highest BCUT2D eigenvalue weighted by Gasteiger charge is 2.34. The lowest BCUT2D eigenvalue weighted by Gasteiger charge is -2.18. The first kappa shape index (κ1) is 15.7. The number of benzene rings is 1. The van der Waals surface area contributed by atoms with Crippen molar-refractivity contribution in [1.82, 2.24) is 4.98 Å². The van der Waals surface area contributed by atoms with Gasteiger partial charge < -0.3 is 5.73 Å². The largest absolute Gasteiger partial charge is 0.416 e. The van der Waals surface area contributed by atoms with Crippen molar-refractivity contribution in [3.63, 3.8) is 0 Å². The molecule has 0 bridgehead atoms. The molecule has 0 spiro atoms. The van der Waals surface area contributed by atoms with Crippen LogP contribution >= 0.6 is 11.6 Å². The number of pyridine rings is 1. The quantitative estimate of drug-likeness (QED) is 0.864. The number of rotatable bonds is 3. The van der Waals surface area contributed by atoms with Crippen molar-refractivity contribution < 1.29 is 17.6 Å². The average Bonchev–Trinajstić information content (AvgIpc) is 2.43. The van der Waals surface area contributed by atoms with Crippen LogP contribution in [0.15, 0.2) is 36.7 Å². The number of hydrogen-bond donors (Lipinski definition) is 1. The van der Waals surface area contributed by atoms with Crippen LogP contribution in [0.2, 0.25) is 5.02 Å². The molecule has 1 aromatic heterocycles. The molecule has 2 aromatic rings. The second-order valence-electron chi connectivity index (χ2n) is 4.48. The number of nitrogens with two attached hydrogens (primary N) is 1. The number of hydrogen-bond acceptors (Lipinski definition) is 2. The second kappa shape index (κ2) is 5.99. The summed E-state index contributed by atoms with van der Waals surface area (Å²) >= 11 is 5.64. The predicted molar refractivity (Wildman–Crippen MR) is 71.3 cm³/mol. The van der Waals surface area contributed by atoms with Gasteiger partial charge in [0.1, 0.15) is 5.82 Å². The van der Waals surface area contributed by atoms with Crippen LogP contribution in [0, 0.1) is 5.82 Å². The molecule has 0 aliphatic heterocycles. The number of alkyl halides is 3. The molecule has 1 atom stereocenters. The maximum atomic E-state index is 13.8. The van der Waals surface area contributed by atoms with Gasteiger partial charge in [-0.15, -0.1) is 0 Å². The van der Waals surface area contributed by atoms with Crippen LogP contribution in [-0.2, 0) is 12.6 Å². The Bertz CT molecular complexity index is 643. The molecule has 0 aliphatic rings.